The summed E-state index contributed by atoms with van der Waals surface area (Å²) in [6.07, 6.45) is 8.84. The quantitative estimate of drug-likeness (QED) is 0.776. The molecule has 26 heavy (non-hydrogen) atoms. The predicted molar refractivity (Wildman–Crippen MR) is 104 cm³/mol. The Labute approximate surface area is 158 Å². The van der Waals surface area contributed by atoms with E-state index in [1.165, 1.54) is 43.2 Å². The summed E-state index contributed by atoms with van der Waals surface area (Å²) in [6, 6.07) is 8.93. The van der Waals surface area contributed by atoms with Crippen molar-refractivity contribution in [3.63, 3.8) is 0 Å². The van der Waals surface area contributed by atoms with Crippen molar-refractivity contribution in [1.29, 1.82) is 0 Å². The number of methoxy groups -OCH3 is 1. The van der Waals surface area contributed by atoms with Crippen molar-refractivity contribution < 1.29 is 9.53 Å². The lowest BCUT2D eigenvalue weighted by atomic mass is 9.81. The number of hydrogen-bond acceptors (Lipinski definition) is 2. The maximum Gasteiger partial charge on any atom is 0.230 e. The summed E-state index contributed by atoms with van der Waals surface area (Å²) in [5.41, 5.74) is 2.52. The van der Waals surface area contributed by atoms with Gasteiger partial charge in [0.25, 0.3) is 0 Å². The highest BCUT2D eigenvalue weighted by Crippen LogP contribution is 2.49. The van der Waals surface area contributed by atoms with Gasteiger partial charge < -0.3 is 9.64 Å². The number of ether oxygens (including phenoxy) is 1. The number of aryl methyl sites for hydroxylation is 1. The Morgan fingerprint density at radius 3 is 2.46 bits per heavy atom. The third kappa shape index (κ3) is 3.09. The second-order valence-corrected chi connectivity index (χ2v) is 8.90. The molecule has 0 spiro atoms. The van der Waals surface area contributed by atoms with Gasteiger partial charge in [0.15, 0.2) is 0 Å². The van der Waals surface area contributed by atoms with Gasteiger partial charge in [0.05, 0.1) is 12.0 Å². The molecule has 3 saturated carbocycles. The number of fused-ring (bicyclic) bond motifs is 2. The number of amides is 1. The van der Waals surface area contributed by atoms with Gasteiger partial charge in [-0.15, -0.1) is 0 Å². The SMILES string of the molecule is COC1CC2CC1CC2N(C)C(=O)C(c1ccccc1C)C1CCCC1. The molecule has 3 heteroatoms. The van der Waals surface area contributed by atoms with E-state index in [4.69, 9.17) is 4.74 Å². The molecule has 2 bridgehead atoms. The van der Waals surface area contributed by atoms with Gasteiger partial charge in [-0.1, -0.05) is 37.1 Å². The summed E-state index contributed by atoms with van der Waals surface area (Å²) >= 11 is 0. The second-order valence-electron chi connectivity index (χ2n) is 8.90. The van der Waals surface area contributed by atoms with Gasteiger partial charge in [-0.2, -0.15) is 0 Å². The molecule has 1 amide bonds. The van der Waals surface area contributed by atoms with Crippen LogP contribution in [0.1, 0.15) is 62.0 Å². The zero-order valence-corrected chi connectivity index (χ0v) is 16.5. The van der Waals surface area contributed by atoms with Crippen molar-refractivity contribution in [1.82, 2.24) is 4.90 Å². The van der Waals surface area contributed by atoms with E-state index in [2.05, 4.69) is 43.1 Å². The summed E-state index contributed by atoms with van der Waals surface area (Å²) in [5, 5.41) is 0. The van der Waals surface area contributed by atoms with Gasteiger partial charge in [0, 0.05) is 20.2 Å². The Kier molecular flexibility index (Phi) is 5.09. The molecule has 4 rings (SSSR count). The van der Waals surface area contributed by atoms with Crippen molar-refractivity contribution in [3.05, 3.63) is 35.4 Å². The van der Waals surface area contributed by atoms with Crippen LogP contribution in [0.3, 0.4) is 0 Å². The highest BCUT2D eigenvalue weighted by Gasteiger charge is 2.49. The van der Waals surface area contributed by atoms with E-state index in [-0.39, 0.29) is 5.92 Å². The zero-order valence-electron chi connectivity index (χ0n) is 16.5. The minimum absolute atomic E-state index is 0.0426. The molecule has 0 aromatic heterocycles. The number of nitrogens with zero attached hydrogens (tertiary/aromatic N) is 1. The van der Waals surface area contributed by atoms with Crippen molar-refractivity contribution in [3.8, 4) is 0 Å². The van der Waals surface area contributed by atoms with Crippen LogP contribution < -0.4 is 0 Å². The average Bonchev–Trinajstić information content (AvgIpc) is 3.39. The molecule has 0 heterocycles. The minimum atomic E-state index is 0.0426. The van der Waals surface area contributed by atoms with Crippen LogP contribution in [-0.4, -0.2) is 37.1 Å². The summed E-state index contributed by atoms with van der Waals surface area (Å²) in [7, 11) is 3.90. The summed E-state index contributed by atoms with van der Waals surface area (Å²) in [4.78, 5) is 15.8. The molecule has 1 aromatic carbocycles. The molecule has 3 fully saturated rings. The summed E-state index contributed by atoms with van der Waals surface area (Å²) in [5.74, 6) is 2.18. The molecule has 0 aliphatic heterocycles. The van der Waals surface area contributed by atoms with Crippen LogP contribution in [0.15, 0.2) is 24.3 Å². The Balaban J connectivity index is 1.56. The van der Waals surface area contributed by atoms with Crippen LogP contribution in [-0.2, 0) is 9.53 Å². The topological polar surface area (TPSA) is 29.5 Å². The Bertz CT molecular complexity index is 651. The first kappa shape index (κ1) is 18.0. The number of carbonyl (C=O) groups excluding carboxylic acids is 1. The number of hydrogen-bond donors (Lipinski definition) is 0. The molecule has 0 saturated heterocycles. The maximum atomic E-state index is 13.7. The highest BCUT2D eigenvalue weighted by atomic mass is 16.5. The lowest BCUT2D eigenvalue weighted by Gasteiger charge is -2.37. The predicted octanol–water partition coefficient (Wildman–Crippen LogP) is 4.54. The van der Waals surface area contributed by atoms with Gasteiger partial charge >= 0.3 is 0 Å². The van der Waals surface area contributed by atoms with Crippen molar-refractivity contribution >= 4 is 5.91 Å². The molecular weight excluding hydrogens is 322 g/mol. The first-order chi connectivity index (χ1) is 12.6. The third-order valence-electron chi connectivity index (χ3n) is 7.56. The summed E-state index contributed by atoms with van der Waals surface area (Å²) < 4.78 is 5.64. The second kappa shape index (κ2) is 7.34. The van der Waals surface area contributed by atoms with Gasteiger partial charge in [-0.05, 0) is 67.9 Å². The minimum Gasteiger partial charge on any atom is -0.381 e. The molecule has 142 valence electrons. The molecule has 3 nitrogen and oxygen atoms in total. The molecule has 5 unspecified atom stereocenters. The number of benzene rings is 1. The third-order valence-corrected chi connectivity index (χ3v) is 7.56. The standard InChI is InChI=1S/C23H33NO2/c1-15-8-4-7-11-19(15)22(16-9-5-6-10-16)23(25)24(2)20-13-18-12-17(20)14-21(18)26-3/h4,7-8,11,16-18,20-22H,5-6,9-10,12-14H2,1-3H3. The van der Waals surface area contributed by atoms with Gasteiger partial charge in [-0.3, -0.25) is 4.79 Å². The fourth-order valence-corrected chi connectivity index (χ4v) is 6.15. The highest BCUT2D eigenvalue weighted by molar-refractivity contribution is 5.84. The van der Waals surface area contributed by atoms with E-state index < -0.39 is 0 Å². The molecule has 1 aromatic rings. The fourth-order valence-electron chi connectivity index (χ4n) is 6.15. The van der Waals surface area contributed by atoms with Crippen molar-refractivity contribution in [2.24, 2.45) is 17.8 Å². The number of carbonyl (C=O) groups is 1. The van der Waals surface area contributed by atoms with Crippen LogP contribution in [0, 0.1) is 24.7 Å². The van der Waals surface area contributed by atoms with Crippen LogP contribution in [0.2, 0.25) is 0 Å². The molecule has 5 atom stereocenters. The lowest BCUT2D eigenvalue weighted by Crippen LogP contribution is -2.45. The first-order valence-electron chi connectivity index (χ1n) is 10.4. The van der Waals surface area contributed by atoms with Crippen LogP contribution in [0.4, 0.5) is 0 Å². The molecule has 3 aliphatic rings. The van der Waals surface area contributed by atoms with E-state index in [0.29, 0.717) is 35.8 Å². The van der Waals surface area contributed by atoms with Crippen LogP contribution >= 0.6 is 0 Å². The Hall–Kier alpha value is -1.35. The number of rotatable bonds is 5. The summed E-state index contributed by atoms with van der Waals surface area (Å²) in [6.45, 7) is 2.16. The molecule has 0 radical (unpaired) electrons. The Morgan fingerprint density at radius 1 is 1.12 bits per heavy atom. The monoisotopic (exact) mass is 355 g/mol. The van der Waals surface area contributed by atoms with Gasteiger partial charge in [0.2, 0.25) is 5.91 Å². The Morgan fingerprint density at radius 2 is 1.85 bits per heavy atom. The fraction of sp³-hybridized carbons (Fsp3) is 0.696. The lowest BCUT2D eigenvalue weighted by molar-refractivity contribution is -0.136. The van der Waals surface area contributed by atoms with Crippen LogP contribution in [0.25, 0.3) is 0 Å². The van der Waals surface area contributed by atoms with Crippen molar-refractivity contribution in [2.75, 3.05) is 14.2 Å². The van der Waals surface area contributed by atoms with Crippen LogP contribution in [0.5, 0.6) is 0 Å². The molecule has 0 N–H and O–H groups in total. The van der Waals surface area contributed by atoms with Gasteiger partial charge in [0.1, 0.15) is 0 Å². The van der Waals surface area contributed by atoms with E-state index in [9.17, 15) is 4.79 Å². The normalized spacial score (nSPS) is 32.1. The average molecular weight is 356 g/mol. The first-order valence-corrected chi connectivity index (χ1v) is 10.4. The number of likely N-dealkylation sites (N-methyl/N-ethyl adjacent to an activating group) is 1. The van der Waals surface area contributed by atoms with E-state index in [1.54, 1.807) is 0 Å². The van der Waals surface area contributed by atoms with Crippen molar-refractivity contribution in [2.45, 2.75) is 69.9 Å². The van der Waals surface area contributed by atoms with E-state index in [0.717, 1.165) is 12.8 Å². The molecule has 3 aliphatic carbocycles. The van der Waals surface area contributed by atoms with Gasteiger partial charge in [-0.25, -0.2) is 0 Å². The van der Waals surface area contributed by atoms with E-state index >= 15 is 0 Å². The largest absolute Gasteiger partial charge is 0.381 e. The smallest absolute Gasteiger partial charge is 0.230 e. The van der Waals surface area contributed by atoms with E-state index in [1.807, 2.05) is 7.11 Å². The molecular formula is C23H33NO2. The maximum absolute atomic E-state index is 13.7. The zero-order chi connectivity index (χ0) is 18.3.